The monoisotopic (exact) mass is 473 g/mol. The van der Waals surface area contributed by atoms with Crippen LogP contribution in [-0.4, -0.2) is 62.7 Å². The van der Waals surface area contributed by atoms with Gasteiger partial charge in [0.1, 0.15) is 11.3 Å². The van der Waals surface area contributed by atoms with Crippen LogP contribution < -0.4 is 9.64 Å². The quantitative estimate of drug-likeness (QED) is 0.523. The Hall–Kier alpha value is -2.65. The summed E-state index contributed by atoms with van der Waals surface area (Å²) < 4.78 is 30.7. The predicted molar refractivity (Wildman–Crippen MR) is 127 cm³/mol. The molecule has 0 bridgehead atoms. The maximum Gasteiger partial charge on any atom is 0.227 e. The summed E-state index contributed by atoms with van der Waals surface area (Å²) in [4.78, 5) is 21.9. The van der Waals surface area contributed by atoms with Crippen LogP contribution in [0.2, 0.25) is 0 Å². The van der Waals surface area contributed by atoms with Crippen LogP contribution in [0.25, 0.3) is 10.2 Å². The molecular weight excluding hydrogens is 446 g/mol. The molecule has 0 N–H and O–H groups in total. The second-order valence-corrected chi connectivity index (χ2v) is 10.9. The Morgan fingerprint density at radius 2 is 1.78 bits per heavy atom. The molecule has 0 atom stereocenters. The van der Waals surface area contributed by atoms with E-state index in [1.165, 1.54) is 0 Å². The van der Waals surface area contributed by atoms with E-state index in [4.69, 9.17) is 9.72 Å². The number of amides is 1. The molecule has 0 unspecified atom stereocenters. The number of thiazole rings is 1. The highest BCUT2D eigenvalue weighted by Crippen LogP contribution is 2.34. The maximum atomic E-state index is 12.8. The summed E-state index contributed by atoms with van der Waals surface area (Å²) in [5.41, 5.74) is 1.71. The number of hydrogen-bond acceptors (Lipinski definition) is 7. The Morgan fingerprint density at radius 1 is 1.06 bits per heavy atom. The van der Waals surface area contributed by atoms with Crippen molar-refractivity contribution >= 4 is 42.4 Å². The Bertz CT molecular complexity index is 1200. The lowest BCUT2D eigenvalue weighted by Crippen LogP contribution is -2.49. The molecule has 1 fully saturated rings. The zero-order valence-electron chi connectivity index (χ0n) is 18.3. The second-order valence-electron chi connectivity index (χ2n) is 7.62. The fourth-order valence-electron chi connectivity index (χ4n) is 3.73. The number of fused-ring (bicyclic) bond motifs is 1. The van der Waals surface area contributed by atoms with Gasteiger partial charge in [0.15, 0.2) is 15.0 Å². The normalized spacial score (nSPS) is 14.7. The molecule has 0 saturated carbocycles. The van der Waals surface area contributed by atoms with Crippen molar-refractivity contribution in [3.63, 3.8) is 0 Å². The molecule has 1 aliphatic rings. The van der Waals surface area contributed by atoms with Crippen molar-refractivity contribution in [3.8, 4) is 5.75 Å². The summed E-state index contributed by atoms with van der Waals surface area (Å²) in [6, 6.07) is 12.6. The summed E-state index contributed by atoms with van der Waals surface area (Å²) >= 11 is 1.64. The second kappa shape index (κ2) is 9.46. The van der Waals surface area contributed by atoms with Gasteiger partial charge in [-0.15, -0.1) is 0 Å². The minimum absolute atomic E-state index is 0.0543. The number of piperazine rings is 1. The zero-order chi connectivity index (χ0) is 22.7. The predicted octanol–water partition coefficient (Wildman–Crippen LogP) is 3.38. The standard InChI is InChI=1S/C23H27N3O4S2/c1-3-30-19-6-5-7-20-22(19)24-23(31-20)26-14-12-25(13-15-26)21(27)16-17-8-10-18(11-9-17)32(28,29)4-2/h5-11H,3-4,12-16H2,1-2H3. The Morgan fingerprint density at radius 3 is 2.44 bits per heavy atom. The molecule has 170 valence electrons. The van der Waals surface area contributed by atoms with Crippen molar-refractivity contribution in [1.29, 1.82) is 0 Å². The van der Waals surface area contributed by atoms with Gasteiger partial charge >= 0.3 is 0 Å². The average Bonchev–Trinajstić information content (AvgIpc) is 3.25. The minimum Gasteiger partial charge on any atom is -0.492 e. The zero-order valence-corrected chi connectivity index (χ0v) is 19.9. The highest BCUT2D eigenvalue weighted by Gasteiger charge is 2.24. The number of benzene rings is 2. The van der Waals surface area contributed by atoms with Crippen LogP contribution >= 0.6 is 11.3 Å². The van der Waals surface area contributed by atoms with E-state index in [1.54, 1.807) is 42.5 Å². The lowest BCUT2D eigenvalue weighted by Gasteiger charge is -2.34. The van der Waals surface area contributed by atoms with Crippen molar-refractivity contribution in [3.05, 3.63) is 48.0 Å². The number of ether oxygens (including phenoxy) is 1. The van der Waals surface area contributed by atoms with Gasteiger partial charge in [-0.1, -0.05) is 36.5 Å². The number of hydrogen-bond donors (Lipinski definition) is 0. The molecule has 2 aromatic carbocycles. The molecule has 0 radical (unpaired) electrons. The van der Waals surface area contributed by atoms with E-state index in [-0.39, 0.29) is 18.1 Å². The van der Waals surface area contributed by atoms with Gasteiger partial charge in [0.25, 0.3) is 0 Å². The maximum absolute atomic E-state index is 12.8. The van der Waals surface area contributed by atoms with E-state index in [0.717, 1.165) is 39.8 Å². The summed E-state index contributed by atoms with van der Waals surface area (Å²) in [7, 11) is -3.23. The van der Waals surface area contributed by atoms with Crippen LogP contribution in [0.3, 0.4) is 0 Å². The van der Waals surface area contributed by atoms with Gasteiger partial charge in [0, 0.05) is 26.2 Å². The van der Waals surface area contributed by atoms with Gasteiger partial charge < -0.3 is 14.5 Å². The van der Waals surface area contributed by atoms with Crippen molar-refractivity contribution in [2.24, 2.45) is 0 Å². The first-order valence-corrected chi connectivity index (χ1v) is 13.2. The van der Waals surface area contributed by atoms with Gasteiger partial charge in [0.05, 0.1) is 28.4 Å². The number of sulfone groups is 1. The van der Waals surface area contributed by atoms with Crippen LogP contribution in [0.5, 0.6) is 5.75 Å². The van der Waals surface area contributed by atoms with Gasteiger partial charge in [-0.25, -0.2) is 13.4 Å². The van der Waals surface area contributed by atoms with Gasteiger partial charge in [-0.05, 0) is 36.8 Å². The number of carbonyl (C=O) groups excluding carboxylic acids is 1. The van der Waals surface area contributed by atoms with Crippen LogP contribution in [0.1, 0.15) is 19.4 Å². The SMILES string of the molecule is CCOc1cccc2sc(N3CCN(C(=O)Cc4ccc(S(=O)(=O)CC)cc4)CC3)nc12. The summed E-state index contributed by atoms with van der Waals surface area (Å²) in [5.74, 6) is 0.926. The molecular formula is C23H27N3O4S2. The molecule has 1 saturated heterocycles. The van der Waals surface area contributed by atoms with Gasteiger partial charge in [-0.3, -0.25) is 4.79 Å². The fourth-order valence-corrected chi connectivity index (χ4v) is 5.65. The lowest BCUT2D eigenvalue weighted by atomic mass is 10.1. The number of rotatable bonds is 7. The molecule has 32 heavy (non-hydrogen) atoms. The van der Waals surface area contributed by atoms with Crippen LogP contribution in [0, 0.1) is 0 Å². The first-order chi connectivity index (χ1) is 15.4. The Kier molecular flexibility index (Phi) is 6.66. The highest BCUT2D eigenvalue weighted by molar-refractivity contribution is 7.91. The molecule has 0 aliphatic carbocycles. The third kappa shape index (κ3) is 4.73. The molecule has 1 amide bonds. The Balaban J connectivity index is 1.37. The largest absolute Gasteiger partial charge is 0.492 e. The van der Waals surface area contributed by atoms with Crippen molar-refractivity contribution < 1.29 is 17.9 Å². The summed E-state index contributed by atoms with van der Waals surface area (Å²) in [6.07, 6.45) is 0.269. The van der Waals surface area contributed by atoms with E-state index < -0.39 is 9.84 Å². The van der Waals surface area contributed by atoms with Crippen LogP contribution in [-0.2, 0) is 21.1 Å². The van der Waals surface area contributed by atoms with Crippen molar-refractivity contribution in [2.45, 2.75) is 25.2 Å². The topological polar surface area (TPSA) is 79.8 Å². The van der Waals surface area contributed by atoms with E-state index in [0.29, 0.717) is 24.6 Å². The van der Waals surface area contributed by atoms with Crippen LogP contribution in [0.4, 0.5) is 5.13 Å². The molecule has 0 spiro atoms. The third-order valence-electron chi connectivity index (χ3n) is 5.59. The first-order valence-electron chi connectivity index (χ1n) is 10.8. The van der Waals surface area contributed by atoms with E-state index in [1.807, 2.05) is 24.0 Å². The number of para-hydroxylation sites is 1. The third-order valence-corrected chi connectivity index (χ3v) is 8.42. The van der Waals surface area contributed by atoms with Gasteiger partial charge in [0.2, 0.25) is 5.91 Å². The van der Waals surface area contributed by atoms with Crippen molar-refractivity contribution in [1.82, 2.24) is 9.88 Å². The van der Waals surface area contributed by atoms with E-state index in [2.05, 4.69) is 11.0 Å². The number of anilines is 1. The van der Waals surface area contributed by atoms with E-state index in [9.17, 15) is 13.2 Å². The highest BCUT2D eigenvalue weighted by atomic mass is 32.2. The van der Waals surface area contributed by atoms with Crippen molar-refractivity contribution in [2.75, 3.05) is 43.4 Å². The molecule has 9 heteroatoms. The Labute approximate surface area is 192 Å². The molecule has 3 aromatic rings. The summed E-state index contributed by atoms with van der Waals surface area (Å²) in [6.45, 7) is 6.91. The summed E-state index contributed by atoms with van der Waals surface area (Å²) in [5, 5.41) is 0.951. The van der Waals surface area contributed by atoms with E-state index >= 15 is 0 Å². The molecule has 2 heterocycles. The smallest absolute Gasteiger partial charge is 0.227 e. The molecule has 4 rings (SSSR count). The number of carbonyl (C=O) groups is 1. The number of nitrogens with zero attached hydrogens (tertiary/aromatic N) is 3. The molecule has 1 aromatic heterocycles. The average molecular weight is 474 g/mol. The molecule has 1 aliphatic heterocycles. The van der Waals surface area contributed by atoms with Crippen LogP contribution in [0.15, 0.2) is 47.4 Å². The lowest BCUT2D eigenvalue weighted by molar-refractivity contribution is -0.130. The first kappa shape index (κ1) is 22.5. The molecule has 7 nitrogen and oxygen atoms in total. The fraction of sp³-hybridized carbons (Fsp3) is 0.391. The minimum atomic E-state index is -3.23. The van der Waals surface area contributed by atoms with Gasteiger partial charge in [-0.2, -0.15) is 0 Å². The number of aromatic nitrogens is 1.